The molecule has 0 amide bonds. The highest BCUT2D eigenvalue weighted by atomic mass is 79.9. The number of hydrogen-bond donors (Lipinski definition) is 1. The first-order valence-electron chi connectivity index (χ1n) is 6.05. The summed E-state index contributed by atoms with van der Waals surface area (Å²) >= 11 is 3.50. The van der Waals surface area contributed by atoms with Gasteiger partial charge in [-0.05, 0) is 37.7 Å². The maximum Gasteiger partial charge on any atom is 0.0413 e. The number of hydrogen-bond acceptors (Lipinski definition) is 3. The van der Waals surface area contributed by atoms with Crippen LogP contribution in [0.3, 0.4) is 0 Å². The second-order valence-electron chi connectivity index (χ2n) is 4.75. The normalized spacial score (nSPS) is 21.9. The zero-order valence-electron chi connectivity index (χ0n) is 10.5. The predicted octanol–water partition coefficient (Wildman–Crippen LogP) is 2.05. The standard InChI is InChI=1S/C13H20BrN3/c1-10-9-17(6-5-16(10)2)13-4-3-12(14)7-11(13)8-15/h3-4,7,10H,5-6,8-9,15H2,1-2H3. The van der Waals surface area contributed by atoms with Crippen molar-refractivity contribution in [3.8, 4) is 0 Å². The Labute approximate surface area is 112 Å². The topological polar surface area (TPSA) is 32.5 Å². The van der Waals surface area contributed by atoms with Gasteiger partial charge in [-0.1, -0.05) is 15.9 Å². The Hall–Kier alpha value is -0.580. The molecule has 3 nitrogen and oxygen atoms in total. The van der Waals surface area contributed by atoms with Gasteiger partial charge in [0.2, 0.25) is 0 Å². The van der Waals surface area contributed by atoms with E-state index in [2.05, 4.69) is 57.9 Å². The molecule has 94 valence electrons. The van der Waals surface area contributed by atoms with Gasteiger partial charge in [-0.3, -0.25) is 0 Å². The van der Waals surface area contributed by atoms with Crippen molar-refractivity contribution in [1.82, 2.24) is 4.90 Å². The summed E-state index contributed by atoms with van der Waals surface area (Å²) in [5.74, 6) is 0. The number of anilines is 1. The zero-order chi connectivity index (χ0) is 12.4. The van der Waals surface area contributed by atoms with Crippen LogP contribution in [0.15, 0.2) is 22.7 Å². The van der Waals surface area contributed by atoms with E-state index in [-0.39, 0.29) is 0 Å². The van der Waals surface area contributed by atoms with Gasteiger partial charge in [-0.25, -0.2) is 0 Å². The fourth-order valence-corrected chi connectivity index (χ4v) is 2.70. The molecule has 1 aliphatic heterocycles. The van der Waals surface area contributed by atoms with Gasteiger partial charge in [0, 0.05) is 42.4 Å². The van der Waals surface area contributed by atoms with E-state index in [1.165, 1.54) is 11.3 Å². The maximum atomic E-state index is 5.83. The fraction of sp³-hybridized carbons (Fsp3) is 0.538. The lowest BCUT2D eigenvalue weighted by Crippen LogP contribution is -2.50. The maximum absolute atomic E-state index is 5.83. The minimum absolute atomic E-state index is 0.593. The molecular weight excluding hydrogens is 278 g/mol. The first-order valence-corrected chi connectivity index (χ1v) is 6.85. The van der Waals surface area contributed by atoms with Gasteiger partial charge in [0.15, 0.2) is 0 Å². The van der Waals surface area contributed by atoms with Crippen LogP contribution >= 0.6 is 15.9 Å². The van der Waals surface area contributed by atoms with Crippen molar-refractivity contribution in [1.29, 1.82) is 0 Å². The molecule has 1 heterocycles. The van der Waals surface area contributed by atoms with Crippen LogP contribution in [0.5, 0.6) is 0 Å². The van der Waals surface area contributed by atoms with Gasteiger partial charge >= 0.3 is 0 Å². The Morgan fingerprint density at radius 2 is 2.18 bits per heavy atom. The number of piperazine rings is 1. The van der Waals surface area contributed by atoms with Gasteiger partial charge in [0.1, 0.15) is 0 Å². The summed E-state index contributed by atoms with van der Waals surface area (Å²) in [5.41, 5.74) is 8.34. The van der Waals surface area contributed by atoms with Gasteiger partial charge < -0.3 is 15.5 Å². The molecule has 1 aliphatic rings. The third kappa shape index (κ3) is 2.81. The molecule has 2 N–H and O–H groups in total. The van der Waals surface area contributed by atoms with Crippen LogP contribution in [0.2, 0.25) is 0 Å². The zero-order valence-corrected chi connectivity index (χ0v) is 12.1. The summed E-state index contributed by atoms with van der Waals surface area (Å²) in [6.07, 6.45) is 0. The van der Waals surface area contributed by atoms with Crippen molar-refractivity contribution in [2.75, 3.05) is 31.6 Å². The average molecular weight is 298 g/mol. The number of nitrogens with zero attached hydrogens (tertiary/aromatic N) is 2. The molecule has 0 aliphatic carbocycles. The molecule has 1 fully saturated rings. The number of nitrogens with two attached hydrogens (primary N) is 1. The molecule has 17 heavy (non-hydrogen) atoms. The van der Waals surface area contributed by atoms with Crippen molar-refractivity contribution >= 4 is 21.6 Å². The van der Waals surface area contributed by atoms with Gasteiger partial charge in [-0.15, -0.1) is 0 Å². The molecule has 1 aromatic carbocycles. The van der Waals surface area contributed by atoms with Crippen molar-refractivity contribution in [2.24, 2.45) is 5.73 Å². The van der Waals surface area contributed by atoms with Crippen molar-refractivity contribution in [2.45, 2.75) is 19.5 Å². The van der Waals surface area contributed by atoms with Crippen LogP contribution in [0, 0.1) is 0 Å². The number of halogens is 1. The Bertz CT molecular complexity index is 394. The number of rotatable bonds is 2. The minimum Gasteiger partial charge on any atom is -0.368 e. The van der Waals surface area contributed by atoms with Crippen molar-refractivity contribution in [3.05, 3.63) is 28.2 Å². The van der Waals surface area contributed by atoms with E-state index >= 15 is 0 Å². The summed E-state index contributed by atoms with van der Waals surface area (Å²) in [6.45, 7) is 6.13. The molecule has 0 saturated carbocycles. The van der Waals surface area contributed by atoms with E-state index in [4.69, 9.17) is 5.73 Å². The first-order chi connectivity index (χ1) is 8.11. The minimum atomic E-state index is 0.593. The van der Waals surface area contributed by atoms with Crippen LogP contribution in [-0.2, 0) is 6.54 Å². The van der Waals surface area contributed by atoms with Crippen LogP contribution in [0.1, 0.15) is 12.5 Å². The van der Waals surface area contributed by atoms with E-state index in [0.29, 0.717) is 12.6 Å². The summed E-state index contributed by atoms with van der Waals surface area (Å²) in [7, 11) is 2.19. The van der Waals surface area contributed by atoms with Crippen LogP contribution in [-0.4, -0.2) is 37.6 Å². The molecule has 4 heteroatoms. The second-order valence-corrected chi connectivity index (χ2v) is 5.67. The average Bonchev–Trinajstić information content (AvgIpc) is 2.32. The summed E-state index contributed by atoms with van der Waals surface area (Å²) in [4.78, 5) is 4.84. The lowest BCUT2D eigenvalue weighted by molar-refractivity contribution is 0.234. The smallest absolute Gasteiger partial charge is 0.0413 e. The molecule has 1 saturated heterocycles. The molecule has 0 radical (unpaired) electrons. The third-order valence-corrected chi connectivity index (χ3v) is 4.06. The second kappa shape index (κ2) is 5.38. The summed E-state index contributed by atoms with van der Waals surface area (Å²) < 4.78 is 1.10. The molecule has 0 spiro atoms. The van der Waals surface area contributed by atoms with Crippen molar-refractivity contribution < 1.29 is 0 Å². The van der Waals surface area contributed by atoms with E-state index in [1.54, 1.807) is 0 Å². The highest BCUT2D eigenvalue weighted by Crippen LogP contribution is 2.26. The van der Waals surface area contributed by atoms with Crippen LogP contribution < -0.4 is 10.6 Å². The number of likely N-dealkylation sites (N-methyl/N-ethyl adjacent to an activating group) is 1. The van der Waals surface area contributed by atoms with E-state index < -0.39 is 0 Å². The monoisotopic (exact) mass is 297 g/mol. The fourth-order valence-electron chi connectivity index (χ4n) is 2.29. The lowest BCUT2D eigenvalue weighted by Gasteiger charge is -2.39. The van der Waals surface area contributed by atoms with Crippen LogP contribution in [0.4, 0.5) is 5.69 Å². The van der Waals surface area contributed by atoms with Crippen LogP contribution in [0.25, 0.3) is 0 Å². The number of benzene rings is 1. The Morgan fingerprint density at radius 3 is 2.82 bits per heavy atom. The molecule has 1 unspecified atom stereocenters. The molecule has 0 aromatic heterocycles. The Balaban J connectivity index is 2.22. The van der Waals surface area contributed by atoms with E-state index in [0.717, 1.165) is 24.1 Å². The SMILES string of the molecule is CC1CN(c2ccc(Br)cc2CN)CCN1C. The predicted molar refractivity (Wildman–Crippen MR) is 76.3 cm³/mol. The molecule has 0 bridgehead atoms. The van der Waals surface area contributed by atoms with Gasteiger partial charge in [0.25, 0.3) is 0 Å². The van der Waals surface area contributed by atoms with E-state index in [1.807, 2.05) is 0 Å². The largest absolute Gasteiger partial charge is 0.368 e. The lowest BCUT2D eigenvalue weighted by atomic mass is 10.1. The van der Waals surface area contributed by atoms with Crippen molar-refractivity contribution in [3.63, 3.8) is 0 Å². The molecular formula is C13H20BrN3. The summed E-state index contributed by atoms with van der Waals surface area (Å²) in [6, 6.07) is 6.98. The highest BCUT2D eigenvalue weighted by molar-refractivity contribution is 9.10. The molecule has 1 aromatic rings. The highest BCUT2D eigenvalue weighted by Gasteiger charge is 2.22. The Kier molecular flexibility index (Phi) is 4.07. The first kappa shape index (κ1) is 12.9. The van der Waals surface area contributed by atoms with Gasteiger partial charge in [0.05, 0.1) is 0 Å². The molecule has 1 atom stereocenters. The Morgan fingerprint density at radius 1 is 1.41 bits per heavy atom. The van der Waals surface area contributed by atoms with Gasteiger partial charge in [-0.2, -0.15) is 0 Å². The van der Waals surface area contributed by atoms with E-state index in [9.17, 15) is 0 Å². The summed E-state index contributed by atoms with van der Waals surface area (Å²) in [5, 5.41) is 0. The molecule has 2 rings (SSSR count). The quantitative estimate of drug-likeness (QED) is 0.907. The third-order valence-electron chi connectivity index (χ3n) is 3.56.